The van der Waals surface area contributed by atoms with Gasteiger partial charge in [0.2, 0.25) is 0 Å². The van der Waals surface area contributed by atoms with Gasteiger partial charge in [-0.2, -0.15) is 0 Å². The maximum atomic E-state index is 5.22. The molecule has 1 saturated carbocycles. The van der Waals surface area contributed by atoms with E-state index in [1.807, 2.05) is 0 Å². The molecule has 2 heteroatoms. The van der Waals surface area contributed by atoms with Crippen LogP contribution in [0.4, 0.5) is 0 Å². The van der Waals surface area contributed by atoms with Crippen molar-refractivity contribution in [2.45, 2.75) is 58.3 Å². The lowest BCUT2D eigenvalue weighted by atomic mass is 9.90. The Labute approximate surface area is 87.9 Å². The van der Waals surface area contributed by atoms with E-state index < -0.39 is 0 Å². The lowest BCUT2D eigenvalue weighted by Crippen LogP contribution is -2.13. The third kappa shape index (κ3) is 5.61. The van der Waals surface area contributed by atoms with Gasteiger partial charge in [0.15, 0.2) is 0 Å². The standard InChI is InChI=1S/C12H24O2/c1-2-3-7-10-13-14-11-12-8-5-4-6-9-12/h12H,2-11H2,1H3. The van der Waals surface area contributed by atoms with Crippen molar-refractivity contribution in [2.24, 2.45) is 5.92 Å². The third-order valence-corrected chi connectivity index (χ3v) is 2.94. The highest BCUT2D eigenvalue weighted by molar-refractivity contribution is 4.63. The summed E-state index contributed by atoms with van der Waals surface area (Å²) in [4.78, 5) is 10.4. The molecule has 0 saturated heterocycles. The number of unbranched alkanes of at least 4 members (excludes halogenated alkanes) is 2. The van der Waals surface area contributed by atoms with E-state index in [0.717, 1.165) is 25.6 Å². The minimum atomic E-state index is 0.759. The largest absolute Gasteiger partial charge is 0.237 e. The summed E-state index contributed by atoms with van der Waals surface area (Å²) < 4.78 is 0. The molecule has 0 heterocycles. The smallest absolute Gasteiger partial charge is 0.0850 e. The molecule has 1 fully saturated rings. The molecule has 0 N–H and O–H groups in total. The van der Waals surface area contributed by atoms with Crippen LogP contribution in [0.15, 0.2) is 0 Å². The van der Waals surface area contributed by atoms with Crippen molar-refractivity contribution < 1.29 is 9.78 Å². The molecular weight excluding hydrogens is 176 g/mol. The molecule has 0 atom stereocenters. The number of hydrogen-bond donors (Lipinski definition) is 0. The third-order valence-electron chi connectivity index (χ3n) is 2.94. The monoisotopic (exact) mass is 200 g/mol. The van der Waals surface area contributed by atoms with Crippen molar-refractivity contribution in [3.05, 3.63) is 0 Å². The second-order valence-electron chi connectivity index (χ2n) is 4.32. The minimum absolute atomic E-state index is 0.759. The maximum Gasteiger partial charge on any atom is 0.0850 e. The van der Waals surface area contributed by atoms with E-state index in [9.17, 15) is 0 Å². The van der Waals surface area contributed by atoms with E-state index in [1.54, 1.807) is 0 Å². The zero-order chi connectivity index (χ0) is 10.1. The Morgan fingerprint density at radius 1 is 1.00 bits per heavy atom. The zero-order valence-corrected chi connectivity index (χ0v) is 9.46. The van der Waals surface area contributed by atoms with Crippen LogP contribution >= 0.6 is 0 Å². The Morgan fingerprint density at radius 3 is 2.50 bits per heavy atom. The Morgan fingerprint density at radius 2 is 1.79 bits per heavy atom. The summed E-state index contributed by atoms with van der Waals surface area (Å²) in [7, 11) is 0. The van der Waals surface area contributed by atoms with Gasteiger partial charge in [-0.05, 0) is 25.2 Å². The average Bonchev–Trinajstić information content (AvgIpc) is 2.25. The second kappa shape index (κ2) is 8.25. The van der Waals surface area contributed by atoms with Gasteiger partial charge in [-0.1, -0.05) is 39.0 Å². The predicted molar refractivity (Wildman–Crippen MR) is 58.0 cm³/mol. The van der Waals surface area contributed by atoms with Crippen molar-refractivity contribution in [1.82, 2.24) is 0 Å². The lowest BCUT2D eigenvalue weighted by Gasteiger charge is -2.20. The second-order valence-corrected chi connectivity index (χ2v) is 4.32. The first kappa shape index (κ1) is 12.0. The van der Waals surface area contributed by atoms with Crippen molar-refractivity contribution in [3.8, 4) is 0 Å². The van der Waals surface area contributed by atoms with Crippen molar-refractivity contribution in [2.75, 3.05) is 13.2 Å². The predicted octanol–water partition coefficient (Wildman–Crippen LogP) is 3.71. The number of rotatable bonds is 7. The lowest BCUT2D eigenvalue weighted by molar-refractivity contribution is -0.302. The van der Waals surface area contributed by atoms with Crippen LogP contribution < -0.4 is 0 Å². The normalized spacial score (nSPS) is 18.6. The highest BCUT2D eigenvalue weighted by Crippen LogP contribution is 2.23. The Hall–Kier alpha value is -0.0800. The van der Waals surface area contributed by atoms with Crippen LogP contribution in [0.5, 0.6) is 0 Å². The van der Waals surface area contributed by atoms with Crippen LogP contribution in [0.3, 0.4) is 0 Å². The first-order chi connectivity index (χ1) is 6.93. The summed E-state index contributed by atoms with van der Waals surface area (Å²) in [6.45, 7) is 3.77. The molecule has 0 radical (unpaired) electrons. The Balaban J connectivity index is 1.82. The first-order valence-corrected chi connectivity index (χ1v) is 6.18. The van der Waals surface area contributed by atoms with Gasteiger partial charge in [-0.15, -0.1) is 0 Å². The summed E-state index contributed by atoms with van der Waals surface area (Å²) >= 11 is 0. The average molecular weight is 200 g/mol. The first-order valence-electron chi connectivity index (χ1n) is 6.18. The van der Waals surface area contributed by atoms with Crippen molar-refractivity contribution >= 4 is 0 Å². The fourth-order valence-corrected chi connectivity index (χ4v) is 1.97. The molecule has 0 spiro atoms. The van der Waals surface area contributed by atoms with E-state index in [1.165, 1.54) is 44.9 Å². The van der Waals surface area contributed by atoms with E-state index in [2.05, 4.69) is 6.92 Å². The molecule has 14 heavy (non-hydrogen) atoms. The van der Waals surface area contributed by atoms with Gasteiger partial charge in [-0.3, -0.25) is 0 Å². The van der Waals surface area contributed by atoms with Gasteiger partial charge < -0.3 is 0 Å². The molecule has 1 aliphatic rings. The van der Waals surface area contributed by atoms with Gasteiger partial charge in [0.25, 0.3) is 0 Å². The van der Waals surface area contributed by atoms with Crippen molar-refractivity contribution in [3.63, 3.8) is 0 Å². The highest BCUT2D eigenvalue weighted by atomic mass is 17.2. The molecule has 0 unspecified atom stereocenters. The van der Waals surface area contributed by atoms with Gasteiger partial charge in [0, 0.05) is 0 Å². The van der Waals surface area contributed by atoms with Crippen molar-refractivity contribution in [1.29, 1.82) is 0 Å². The van der Waals surface area contributed by atoms with E-state index in [-0.39, 0.29) is 0 Å². The Kier molecular flexibility index (Phi) is 7.06. The van der Waals surface area contributed by atoms with Gasteiger partial charge >= 0.3 is 0 Å². The molecule has 0 amide bonds. The fourth-order valence-electron chi connectivity index (χ4n) is 1.97. The summed E-state index contributed by atoms with van der Waals surface area (Å²) in [6.07, 6.45) is 10.4. The summed E-state index contributed by atoms with van der Waals surface area (Å²) in [6, 6.07) is 0. The molecule has 1 aliphatic carbocycles. The van der Waals surface area contributed by atoms with Gasteiger partial charge in [0.1, 0.15) is 0 Å². The maximum absolute atomic E-state index is 5.22. The topological polar surface area (TPSA) is 18.5 Å². The van der Waals surface area contributed by atoms with E-state index in [4.69, 9.17) is 9.78 Å². The van der Waals surface area contributed by atoms with Crippen LogP contribution in [0.1, 0.15) is 58.3 Å². The van der Waals surface area contributed by atoms with E-state index in [0.29, 0.717) is 0 Å². The van der Waals surface area contributed by atoms with Crippen LogP contribution in [-0.2, 0) is 9.78 Å². The summed E-state index contributed by atoms with van der Waals surface area (Å²) in [5.74, 6) is 0.759. The molecule has 84 valence electrons. The van der Waals surface area contributed by atoms with Crippen LogP contribution in [0.25, 0.3) is 0 Å². The Bertz CT molecular complexity index is 119. The zero-order valence-electron chi connectivity index (χ0n) is 9.46. The fraction of sp³-hybridized carbons (Fsp3) is 1.00. The molecular formula is C12H24O2. The quantitative estimate of drug-likeness (QED) is 0.354. The van der Waals surface area contributed by atoms with Gasteiger partial charge in [0.05, 0.1) is 13.2 Å². The van der Waals surface area contributed by atoms with Crippen LogP contribution in [0, 0.1) is 5.92 Å². The SMILES string of the molecule is CCCCCOOCC1CCCCC1. The molecule has 0 aromatic heterocycles. The number of hydrogen-bond acceptors (Lipinski definition) is 2. The van der Waals surface area contributed by atoms with Crippen LogP contribution in [0.2, 0.25) is 0 Å². The van der Waals surface area contributed by atoms with E-state index >= 15 is 0 Å². The molecule has 0 aromatic carbocycles. The summed E-state index contributed by atoms with van der Waals surface area (Å²) in [5.41, 5.74) is 0. The van der Waals surface area contributed by atoms with Crippen LogP contribution in [-0.4, -0.2) is 13.2 Å². The van der Waals surface area contributed by atoms with Gasteiger partial charge in [-0.25, -0.2) is 9.78 Å². The molecule has 2 nitrogen and oxygen atoms in total. The highest BCUT2D eigenvalue weighted by Gasteiger charge is 2.13. The minimum Gasteiger partial charge on any atom is -0.237 e. The molecule has 1 rings (SSSR count). The molecule has 0 aliphatic heterocycles. The molecule has 0 aromatic rings. The molecule has 0 bridgehead atoms. The summed E-state index contributed by atoms with van der Waals surface area (Å²) in [5, 5.41) is 0.